The molecule has 0 unspecified atom stereocenters. The number of phenols is 1. The van der Waals surface area contributed by atoms with Gasteiger partial charge < -0.3 is 9.84 Å². The minimum absolute atomic E-state index is 0.0236. The average molecular weight is 296 g/mol. The van der Waals surface area contributed by atoms with E-state index in [1.165, 1.54) is 24.3 Å². The van der Waals surface area contributed by atoms with Crippen LogP contribution in [-0.2, 0) is 10.9 Å². The Kier molecular flexibility index (Phi) is 3.88. The highest BCUT2D eigenvalue weighted by molar-refractivity contribution is 5.91. The Morgan fingerprint density at radius 3 is 2.43 bits per heavy atom. The van der Waals surface area contributed by atoms with Gasteiger partial charge in [0.05, 0.1) is 18.2 Å². The number of esters is 1. The summed E-state index contributed by atoms with van der Waals surface area (Å²) in [7, 11) is 1.15. The third-order valence-electron chi connectivity index (χ3n) is 2.88. The minimum Gasteiger partial charge on any atom is -0.508 e. The maximum atomic E-state index is 13.0. The summed E-state index contributed by atoms with van der Waals surface area (Å²) in [6.07, 6.45) is -4.53. The van der Waals surface area contributed by atoms with Crippen molar-refractivity contribution in [3.8, 4) is 16.9 Å². The second-order valence-electron chi connectivity index (χ2n) is 4.30. The highest BCUT2D eigenvalue weighted by Crippen LogP contribution is 2.38. The molecule has 0 heterocycles. The quantitative estimate of drug-likeness (QED) is 0.856. The number of carbonyl (C=O) groups excluding carboxylic acids is 1. The second kappa shape index (κ2) is 5.47. The van der Waals surface area contributed by atoms with Gasteiger partial charge in [-0.1, -0.05) is 18.2 Å². The standard InChI is InChI=1S/C15H11F3O3/c1-21-14(20)10-6-9(7-11(19)8-10)12-4-2-3-5-13(12)15(16,17)18/h2-8,19H,1H3. The molecule has 0 aliphatic rings. The number of benzene rings is 2. The molecule has 110 valence electrons. The van der Waals surface area contributed by atoms with E-state index in [0.717, 1.165) is 25.3 Å². The molecular formula is C15H11F3O3. The van der Waals surface area contributed by atoms with Gasteiger partial charge in [-0.25, -0.2) is 4.79 Å². The minimum atomic E-state index is -4.53. The maximum absolute atomic E-state index is 13.0. The van der Waals surface area contributed by atoms with E-state index < -0.39 is 17.7 Å². The van der Waals surface area contributed by atoms with Crippen molar-refractivity contribution in [3.63, 3.8) is 0 Å². The van der Waals surface area contributed by atoms with E-state index >= 15 is 0 Å². The summed E-state index contributed by atoms with van der Waals surface area (Å²) in [5.41, 5.74) is -0.898. The Bertz CT molecular complexity index is 678. The molecule has 0 bridgehead atoms. The normalized spacial score (nSPS) is 11.2. The zero-order valence-electron chi connectivity index (χ0n) is 10.9. The van der Waals surface area contributed by atoms with Gasteiger partial charge in [0, 0.05) is 0 Å². The van der Waals surface area contributed by atoms with Gasteiger partial charge in [-0.3, -0.25) is 0 Å². The van der Waals surface area contributed by atoms with E-state index in [1.54, 1.807) is 0 Å². The Morgan fingerprint density at radius 1 is 1.14 bits per heavy atom. The molecule has 0 aromatic heterocycles. The van der Waals surface area contributed by atoms with Gasteiger partial charge in [-0.15, -0.1) is 0 Å². The summed E-state index contributed by atoms with van der Waals surface area (Å²) >= 11 is 0. The summed E-state index contributed by atoms with van der Waals surface area (Å²) in [6.45, 7) is 0. The van der Waals surface area contributed by atoms with E-state index in [2.05, 4.69) is 4.74 Å². The molecule has 0 aliphatic heterocycles. The van der Waals surface area contributed by atoms with Crippen molar-refractivity contribution in [2.45, 2.75) is 6.18 Å². The molecule has 2 aromatic carbocycles. The van der Waals surface area contributed by atoms with Crippen LogP contribution in [0.25, 0.3) is 11.1 Å². The van der Waals surface area contributed by atoms with Crippen LogP contribution in [0.2, 0.25) is 0 Å². The molecule has 0 spiro atoms. The van der Waals surface area contributed by atoms with Crippen molar-refractivity contribution in [2.24, 2.45) is 0 Å². The molecule has 3 nitrogen and oxygen atoms in total. The van der Waals surface area contributed by atoms with Crippen molar-refractivity contribution in [1.29, 1.82) is 0 Å². The highest BCUT2D eigenvalue weighted by atomic mass is 19.4. The zero-order valence-corrected chi connectivity index (χ0v) is 10.9. The first-order chi connectivity index (χ1) is 9.82. The number of phenolic OH excluding ortho intramolecular Hbond substituents is 1. The van der Waals surface area contributed by atoms with Gasteiger partial charge in [0.2, 0.25) is 0 Å². The summed E-state index contributed by atoms with van der Waals surface area (Å²) in [6, 6.07) is 8.48. The topological polar surface area (TPSA) is 46.5 Å². The lowest BCUT2D eigenvalue weighted by molar-refractivity contribution is -0.137. The number of ether oxygens (including phenoxy) is 1. The fraction of sp³-hybridized carbons (Fsp3) is 0.133. The van der Waals surface area contributed by atoms with Crippen LogP contribution in [0, 0.1) is 0 Å². The van der Waals surface area contributed by atoms with Crippen molar-refractivity contribution in [1.82, 2.24) is 0 Å². The molecule has 0 amide bonds. The average Bonchev–Trinajstić information content (AvgIpc) is 2.45. The second-order valence-corrected chi connectivity index (χ2v) is 4.30. The molecule has 0 atom stereocenters. The number of carbonyl (C=O) groups is 1. The van der Waals surface area contributed by atoms with Gasteiger partial charge >= 0.3 is 12.1 Å². The Hall–Kier alpha value is -2.50. The smallest absolute Gasteiger partial charge is 0.417 e. The van der Waals surface area contributed by atoms with Gasteiger partial charge in [-0.2, -0.15) is 13.2 Å². The largest absolute Gasteiger partial charge is 0.508 e. The van der Waals surface area contributed by atoms with Crippen LogP contribution >= 0.6 is 0 Å². The first-order valence-corrected chi connectivity index (χ1v) is 5.92. The van der Waals surface area contributed by atoms with Crippen LogP contribution in [0.3, 0.4) is 0 Å². The molecule has 6 heteroatoms. The van der Waals surface area contributed by atoms with Crippen molar-refractivity contribution >= 4 is 5.97 Å². The van der Waals surface area contributed by atoms with Gasteiger partial charge in [0.1, 0.15) is 5.75 Å². The Morgan fingerprint density at radius 2 is 1.81 bits per heavy atom. The fourth-order valence-corrected chi connectivity index (χ4v) is 1.98. The molecule has 0 aliphatic carbocycles. The Labute approximate surface area is 118 Å². The first kappa shape index (κ1) is 14.9. The molecule has 2 aromatic rings. The maximum Gasteiger partial charge on any atom is 0.417 e. The summed E-state index contributed by atoms with van der Waals surface area (Å²) in [4.78, 5) is 11.5. The van der Waals surface area contributed by atoms with Crippen molar-refractivity contribution in [2.75, 3.05) is 7.11 Å². The number of methoxy groups -OCH3 is 1. The lowest BCUT2D eigenvalue weighted by Gasteiger charge is -2.13. The predicted molar refractivity (Wildman–Crippen MR) is 69.9 cm³/mol. The summed E-state index contributed by atoms with van der Waals surface area (Å²) in [5.74, 6) is -1.05. The lowest BCUT2D eigenvalue weighted by atomic mass is 9.97. The van der Waals surface area contributed by atoms with Crippen LogP contribution in [0.1, 0.15) is 15.9 Å². The van der Waals surface area contributed by atoms with E-state index in [1.807, 2.05) is 0 Å². The monoisotopic (exact) mass is 296 g/mol. The van der Waals surface area contributed by atoms with Gasteiger partial charge in [-0.05, 0) is 35.4 Å². The number of aromatic hydroxyl groups is 1. The lowest BCUT2D eigenvalue weighted by Crippen LogP contribution is -2.07. The zero-order chi connectivity index (χ0) is 15.6. The number of halogens is 3. The number of hydrogen-bond donors (Lipinski definition) is 1. The molecule has 2 rings (SSSR count). The molecule has 21 heavy (non-hydrogen) atoms. The predicted octanol–water partition coefficient (Wildman–Crippen LogP) is 3.86. The summed E-state index contributed by atoms with van der Waals surface area (Å²) < 4.78 is 43.5. The Balaban J connectivity index is 2.63. The molecule has 0 radical (unpaired) electrons. The SMILES string of the molecule is COC(=O)c1cc(O)cc(-c2ccccc2C(F)(F)F)c1. The van der Waals surface area contributed by atoms with Crippen LogP contribution in [-0.4, -0.2) is 18.2 Å². The van der Waals surface area contributed by atoms with E-state index in [4.69, 9.17) is 0 Å². The third-order valence-corrected chi connectivity index (χ3v) is 2.88. The van der Waals surface area contributed by atoms with Crippen molar-refractivity contribution in [3.05, 3.63) is 53.6 Å². The number of alkyl halides is 3. The van der Waals surface area contributed by atoms with E-state index in [0.29, 0.717) is 0 Å². The van der Waals surface area contributed by atoms with Gasteiger partial charge in [0.15, 0.2) is 0 Å². The molecule has 0 saturated carbocycles. The van der Waals surface area contributed by atoms with E-state index in [-0.39, 0.29) is 22.4 Å². The number of rotatable bonds is 2. The molecule has 0 saturated heterocycles. The highest BCUT2D eigenvalue weighted by Gasteiger charge is 2.33. The fourth-order valence-electron chi connectivity index (χ4n) is 1.98. The molecule has 0 fully saturated rings. The van der Waals surface area contributed by atoms with Crippen LogP contribution in [0.15, 0.2) is 42.5 Å². The molecule has 1 N–H and O–H groups in total. The van der Waals surface area contributed by atoms with Crippen molar-refractivity contribution < 1.29 is 27.8 Å². The van der Waals surface area contributed by atoms with Crippen LogP contribution < -0.4 is 0 Å². The van der Waals surface area contributed by atoms with E-state index in [9.17, 15) is 23.1 Å². The first-order valence-electron chi connectivity index (χ1n) is 5.92. The van der Waals surface area contributed by atoms with Gasteiger partial charge in [0.25, 0.3) is 0 Å². The van der Waals surface area contributed by atoms with Crippen LogP contribution in [0.4, 0.5) is 13.2 Å². The molecular weight excluding hydrogens is 285 g/mol. The summed E-state index contributed by atoms with van der Waals surface area (Å²) in [5, 5.41) is 9.60. The third kappa shape index (κ3) is 3.16. The number of hydrogen-bond acceptors (Lipinski definition) is 3. The van der Waals surface area contributed by atoms with Crippen LogP contribution in [0.5, 0.6) is 5.75 Å².